The minimum absolute atomic E-state index is 0.104. The molecular formula is C7H2BBr2N3O2. The Morgan fingerprint density at radius 3 is 2.80 bits per heavy atom. The molecule has 5 nitrogen and oxygen atoms in total. The molecule has 0 aliphatic heterocycles. The molecule has 0 saturated carbocycles. The summed E-state index contributed by atoms with van der Waals surface area (Å²) in [6.07, 6.45) is 0. The van der Waals surface area contributed by atoms with E-state index in [-0.39, 0.29) is 16.9 Å². The lowest BCUT2D eigenvalue weighted by Crippen LogP contribution is -2.05. The molecule has 1 N–H and O–H groups in total. The molecule has 2 aromatic rings. The lowest BCUT2D eigenvalue weighted by atomic mass is 10.1. The van der Waals surface area contributed by atoms with Crippen LogP contribution in [0.4, 0.5) is 5.69 Å². The Hall–Kier alpha value is -0.885. The van der Waals surface area contributed by atoms with E-state index in [0.717, 1.165) is 0 Å². The van der Waals surface area contributed by atoms with E-state index >= 15 is 0 Å². The van der Waals surface area contributed by atoms with Gasteiger partial charge in [0.2, 0.25) is 0 Å². The minimum atomic E-state index is -0.503. The van der Waals surface area contributed by atoms with E-state index in [9.17, 15) is 10.1 Å². The molecule has 8 heteroatoms. The molecule has 2 radical (unpaired) electrons. The highest BCUT2D eigenvalue weighted by atomic mass is 79.9. The third-order valence-electron chi connectivity index (χ3n) is 1.85. The Bertz CT molecular complexity index is 569. The van der Waals surface area contributed by atoms with Crippen molar-refractivity contribution in [2.45, 2.75) is 0 Å². The van der Waals surface area contributed by atoms with Crippen LogP contribution in [0.1, 0.15) is 0 Å². The average molecular weight is 331 g/mol. The van der Waals surface area contributed by atoms with Crippen molar-refractivity contribution in [3.8, 4) is 0 Å². The number of nitrogens with one attached hydrogen (secondary N) is 1. The highest BCUT2D eigenvalue weighted by Gasteiger charge is 2.22. The first kappa shape index (κ1) is 10.6. The monoisotopic (exact) mass is 329 g/mol. The first-order chi connectivity index (χ1) is 7.00. The Balaban J connectivity index is 2.94. The van der Waals surface area contributed by atoms with E-state index in [4.69, 9.17) is 7.85 Å². The maximum Gasteiger partial charge on any atom is 0.312 e. The first-order valence-corrected chi connectivity index (χ1v) is 5.37. The predicted molar refractivity (Wildman–Crippen MR) is 63.5 cm³/mol. The molecule has 15 heavy (non-hydrogen) atoms. The third-order valence-corrected chi connectivity index (χ3v) is 3.81. The van der Waals surface area contributed by atoms with E-state index in [1.165, 1.54) is 0 Å². The van der Waals surface area contributed by atoms with Crippen molar-refractivity contribution in [3.05, 3.63) is 25.1 Å². The molecule has 0 bridgehead atoms. The smallest absolute Gasteiger partial charge is 0.312 e. The number of nitro benzene ring substituents is 1. The molecule has 0 aliphatic rings. The predicted octanol–water partition coefficient (Wildman–Crippen LogP) is 1.79. The van der Waals surface area contributed by atoms with E-state index in [1.807, 2.05) is 0 Å². The number of halogens is 2. The number of imidazole rings is 1. The summed E-state index contributed by atoms with van der Waals surface area (Å²) in [5.41, 5.74) is 0.812. The van der Waals surface area contributed by atoms with Crippen LogP contribution in [0.15, 0.2) is 15.0 Å². The van der Waals surface area contributed by atoms with Gasteiger partial charge >= 0.3 is 5.69 Å². The largest absolute Gasteiger partial charge is 0.351 e. The van der Waals surface area contributed by atoms with Gasteiger partial charge in [-0.1, -0.05) is 0 Å². The Kier molecular flexibility index (Phi) is 2.55. The molecule has 1 heterocycles. The maximum atomic E-state index is 10.9. The Morgan fingerprint density at radius 2 is 2.20 bits per heavy atom. The fourth-order valence-electron chi connectivity index (χ4n) is 1.26. The van der Waals surface area contributed by atoms with Crippen molar-refractivity contribution in [2.24, 2.45) is 0 Å². The summed E-state index contributed by atoms with van der Waals surface area (Å²) >= 11 is 6.33. The lowest BCUT2D eigenvalue weighted by Gasteiger charge is -1.98. The summed E-state index contributed by atoms with van der Waals surface area (Å²) in [4.78, 5) is 17.0. The van der Waals surface area contributed by atoms with Gasteiger partial charge in [0.15, 0.2) is 13.4 Å². The van der Waals surface area contributed by atoms with Gasteiger partial charge in [0.25, 0.3) is 0 Å². The van der Waals surface area contributed by atoms with Crippen molar-refractivity contribution < 1.29 is 4.92 Å². The van der Waals surface area contributed by atoms with Crippen molar-refractivity contribution in [2.75, 3.05) is 0 Å². The van der Waals surface area contributed by atoms with Gasteiger partial charge in [-0.2, -0.15) is 0 Å². The highest BCUT2D eigenvalue weighted by molar-refractivity contribution is 9.13. The zero-order chi connectivity index (χ0) is 11.2. The van der Waals surface area contributed by atoms with Gasteiger partial charge in [0.1, 0.15) is 4.47 Å². The van der Waals surface area contributed by atoms with Gasteiger partial charge in [-0.15, -0.1) is 0 Å². The second-order valence-corrected chi connectivity index (χ2v) is 4.44. The van der Waals surface area contributed by atoms with Gasteiger partial charge in [-0.05, 0) is 37.9 Å². The molecule has 0 aliphatic carbocycles. The summed E-state index contributed by atoms with van der Waals surface area (Å²) in [6, 6.07) is 1.68. The van der Waals surface area contributed by atoms with Crippen LogP contribution in [-0.4, -0.2) is 22.7 Å². The summed E-state index contributed by atoms with van der Waals surface area (Å²) in [5, 5.41) is 10.9. The van der Waals surface area contributed by atoms with Crippen molar-refractivity contribution >= 4 is 62.2 Å². The van der Waals surface area contributed by atoms with Crippen LogP contribution in [-0.2, 0) is 0 Å². The fraction of sp³-hybridized carbons (Fsp3) is 0. The van der Waals surface area contributed by atoms with Crippen LogP contribution < -0.4 is 5.72 Å². The Morgan fingerprint density at radius 1 is 1.53 bits per heavy atom. The molecule has 2 rings (SSSR count). The number of H-pyrrole nitrogens is 1. The lowest BCUT2D eigenvalue weighted by molar-refractivity contribution is -0.384. The maximum absolute atomic E-state index is 10.9. The topological polar surface area (TPSA) is 71.8 Å². The number of aromatic amines is 1. The highest BCUT2D eigenvalue weighted by Crippen LogP contribution is 2.37. The zero-order valence-corrected chi connectivity index (χ0v) is 10.3. The van der Waals surface area contributed by atoms with Gasteiger partial charge < -0.3 is 4.98 Å². The van der Waals surface area contributed by atoms with Gasteiger partial charge in [0, 0.05) is 10.2 Å². The fourth-order valence-corrected chi connectivity index (χ4v) is 2.13. The molecular weight excluding hydrogens is 329 g/mol. The van der Waals surface area contributed by atoms with Crippen LogP contribution >= 0.6 is 31.9 Å². The summed E-state index contributed by atoms with van der Waals surface area (Å²) < 4.78 is 0.928. The summed E-state index contributed by atoms with van der Waals surface area (Å²) in [6.45, 7) is 0. The number of nitro groups is 1. The van der Waals surface area contributed by atoms with Crippen molar-refractivity contribution in [1.82, 2.24) is 9.97 Å². The minimum Gasteiger partial charge on any atom is -0.351 e. The first-order valence-electron chi connectivity index (χ1n) is 3.78. The average Bonchev–Trinajstić information content (AvgIpc) is 2.46. The van der Waals surface area contributed by atoms with E-state index < -0.39 is 4.92 Å². The number of benzene rings is 1. The number of hydrogen-bond acceptors (Lipinski definition) is 3. The number of rotatable bonds is 1. The number of nitrogens with zero attached hydrogens (tertiary/aromatic N) is 2. The molecule has 0 unspecified atom stereocenters. The van der Waals surface area contributed by atoms with Crippen LogP contribution in [0.25, 0.3) is 11.0 Å². The van der Waals surface area contributed by atoms with Crippen LogP contribution in [0.2, 0.25) is 0 Å². The second kappa shape index (κ2) is 3.60. The molecule has 0 atom stereocenters. The number of fused-ring (bicyclic) bond motifs is 1. The second-order valence-electron chi connectivity index (χ2n) is 2.80. The molecule has 0 amide bonds. The Labute approximate surface area is 102 Å². The number of hydrogen-bond donors (Lipinski definition) is 1. The van der Waals surface area contributed by atoms with Crippen LogP contribution in [0.3, 0.4) is 0 Å². The standard InChI is InChI=1S/C7H2BBr2N3O2/c8-7-11-3-1-2(9)4(10)6(13(14)15)5(3)12-7/h1H,(H,11,12). The van der Waals surface area contributed by atoms with Gasteiger partial charge in [-0.25, -0.2) is 4.98 Å². The molecule has 1 aromatic heterocycles. The van der Waals surface area contributed by atoms with E-state index in [0.29, 0.717) is 14.5 Å². The van der Waals surface area contributed by atoms with Gasteiger partial charge in [-0.3, -0.25) is 10.1 Å². The third kappa shape index (κ3) is 1.67. The van der Waals surface area contributed by atoms with Gasteiger partial charge in [0.05, 0.1) is 10.4 Å². The SMILES string of the molecule is [B]c1nc2c([N+](=O)[O-])c(Br)c(Br)cc2[nH]1. The van der Waals surface area contributed by atoms with Crippen LogP contribution in [0, 0.1) is 10.1 Å². The van der Waals surface area contributed by atoms with E-state index in [2.05, 4.69) is 41.8 Å². The molecule has 1 aromatic carbocycles. The summed E-state index contributed by atoms with van der Waals surface area (Å²) in [5.74, 6) is 0. The quantitative estimate of drug-likeness (QED) is 0.492. The van der Waals surface area contributed by atoms with Crippen LogP contribution in [0.5, 0.6) is 0 Å². The summed E-state index contributed by atoms with van der Waals surface area (Å²) in [7, 11) is 5.44. The normalized spacial score (nSPS) is 10.8. The molecule has 0 spiro atoms. The number of aromatic nitrogens is 2. The molecule has 0 fully saturated rings. The zero-order valence-electron chi connectivity index (χ0n) is 7.12. The molecule has 0 saturated heterocycles. The van der Waals surface area contributed by atoms with Crippen molar-refractivity contribution in [3.63, 3.8) is 0 Å². The van der Waals surface area contributed by atoms with Crippen molar-refractivity contribution in [1.29, 1.82) is 0 Å². The van der Waals surface area contributed by atoms with E-state index in [1.54, 1.807) is 6.07 Å². The molecule has 74 valence electrons.